The number of hydrogen-bond acceptors (Lipinski definition) is 3. The molecule has 6 heteroatoms. The monoisotopic (exact) mass is 294 g/mol. The Morgan fingerprint density at radius 2 is 2.10 bits per heavy atom. The molecule has 1 aliphatic carbocycles. The van der Waals surface area contributed by atoms with Crippen LogP contribution < -0.4 is 0 Å². The highest BCUT2D eigenvalue weighted by Gasteiger charge is 2.42. The number of likely N-dealkylation sites (tertiary alicyclic amines) is 1. The third kappa shape index (κ3) is 2.41. The molecule has 2 atom stereocenters. The number of amides is 1. The molecule has 2 heterocycles. The van der Waals surface area contributed by atoms with Crippen LogP contribution in [0.15, 0.2) is 0 Å². The molecule has 1 saturated heterocycles. The van der Waals surface area contributed by atoms with Gasteiger partial charge in [0.25, 0.3) is 0 Å². The standard InChI is InChI=1S/C14H22N4OS/c1-3-18-12(15-16-14(18)20)10-4-6-17(7-5-10)13(19)11-8-9(11)2/h9-11H,3-8H2,1-2H3,(H,16,20). The quantitative estimate of drug-likeness (QED) is 0.871. The van der Waals surface area contributed by atoms with Crippen LogP contribution in [0.3, 0.4) is 0 Å². The molecule has 1 aromatic rings. The number of nitrogens with one attached hydrogen (secondary N) is 1. The van der Waals surface area contributed by atoms with Gasteiger partial charge in [-0.3, -0.25) is 9.89 Å². The Morgan fingerprint density at radius 1 is 1.45 bits per heavy atom. The molecule has 1 amide bonds. The maximum Gasteiger partial charge on any atom is 0.225 e. The lowest BCUT2D eigenvalue weighted by molar-refractivity contribution is -0.133. The first-order valence-electron chi connectivity index (χ1n) is 7.55. The third-order valence-electron chi connectivity index (χ3n) is 4.70. The summed E-state index contributed by atoms with van der Waals surface area (Å²) in [5, 5.41) is 7.27. The van der Waals surface area contributed by atoms with Crippen molar-refractivity contribution in [2.75, 3.05) is 13.1 Å². The zero-order valence-electron chi connectivity index (χ0n) is 12.1. The van der Waals surface area contributed by atoms with Crippen LogP contribution in [0, 0.1) is 16.6 Å². The molecule has 20 heavy (non-hydrogen) atoms. The van der Waals surface area contributed by atoms with Gasteiger partial charge in [0.15, 0.2) is 4.77 Å². The Hall–Kier alpha value is -1.17. The third-order valence-corrected chi connectivity index (χ3v) is 5.01. The van der Waals surface area contributed by atoms with E-state index >= 15 is 0 Å². The van der Waals surface area contributed by atoms with Crippen LogP contribution in [0.2, 0.25) is 0 Å². The van der Waals surface area contributed by atoms with Gasteiger partial charge in [-0.05, 0) is 44.3 Å². The van der Waals surface area contributed by atoms with Crippen molar-refractivity contribution in [2.45, 2.75) is 45.6 Å². The second kappa shape index (κ2) is 5.31. The Labute approximate surface area is 124 Å². The van der Waals surface area contributed by atoms with Crippen molar-refractivity contribution < 1.29 is 4.79 Å². The molecule has 2 aliphatic rings. The van der Waals surface area contributed by atoms with E-state index in [0.29, 0.717) is 28.4 Å². The zero-order chi connectivity index (χ0) is 14.3. The summed E-state index contributed by atoms with van der Waals surface area (Å²) in [5.41, 5.74) is 0. The van der Waals surface area contributed by atoms with E-state index < -0.39 is 0 Å². The van der Waals surface area contributed by atoms with Crippen molar-refractivity contribution in [3.63, 3.8) is 0 Å². The fourth-order valence-electron chi connectivity index (χ4n) is 3.21. The summed E-state index contributed by atoms with van der Waals surface area (Å²) in [6.07, 6.45) is 3.06. The molecule has 1 saturated carbocycles. The van der Waals surface area contributed by atoms with Crippen molar-refractivity contribution >= 4 is 18.1 Å². The van der Waals surface area contributed by atoms with E-state index in [2.05, 4.69) is 28.6 Å². The number of nitrogens with zero attached hydrogens (tertiary/aromatic N) is 3. The summed E-state index contributed by atoms with van der Waals surface area (Å²) in [7, 11) is 0. The second-order valence-corrected chi connectivity index (χ2v) is 6.44. The minimum absolute atomic E-state index is 0.303. The number of hydrogen-bond donors (Lipinski definition) is 1. The van der Waals surface area contributed by atoms with Gasteiger partial charge in [0, 0.05) is 31.5 Å². The first kappa shape index (κ1) is 13.8. The Balaban J connectivity index is 1.63. The second-order valence-electron chi connectivity index (χ2n) is 6.05. The molecular weight excluding hydrogens is 272 g/mol. The highest BCUT2D eigenvalue weighted by Crippen LogP contribution is 2.40. The normalized spacial score (nSPS) is 26.8. The molecule has 0 aromatic carbocycles. The molecule has 1 aromatic heterocycles. The van der Waals surface area contributed by atoms with Crippen molar-refractivity contribution in [1.29, 1.82) is 0 Å². The molecule has 0 bridgehead atoms. The molecule has 0 radical (unpaired) electrons. The van der Waals surface area contributed by atoms with Crippen LogP contribution in [0.25, 0.3) is 0 Å². The van der Waals surface area contributed by atoms with Crippen molar-refractivity contribution in [1.82, 2.24) is 19.7 Å². The molecule has 3 rings (SSSR count). The van der Waals surface area contributed by atoms with Gasteiger partial charge in [0.2, 0.25) is 5.91 Å². The average molecular weight is 294 g/mol. The fraction of sp³-hybridized carbons (Fsp3) is 0.786. The number of aromatic nitrogens is 3. The van der Waals surface area contributed by atoms with Gasteiger partial charge in [-0.1, -0.05) is 6.92 Å². The molecule has 0 spiro atoms. The van der Waals surface area contributed by atoms with Gasteiger partial charge < -0.3 is 9.47 Å². The van der Waals surface area contributed by atoms with Crippen molar-refractivity contribution in [2.24, 2.45) is 11.8 Å². The van der Waals surface area contributed by atoms with E-state index in [1.54, 1.807) is 0 Å². The summed E-state index contributed by atoms with van der Waals surface area (Å²) in [4.78, 5) is 14.3. The summed E-state index contributed by atoms with van der Waals surface area (Å²) in [6.45, 7) is 6.81. The van der Waals surface area contributed by atoms with Crippen molar-refractivity contribution in [3.05, 3.63) is 10.6 Å². The van der Waals surface area contributed by atoms with Gasteiger partial charge >= 0.3 is 0 Å². The zero-order valence-corrected chi connectivity index (χ0v) is 12.9. The van der Waals surface area contributed by atoms with E-state index in [1.165, 1.54) is 0 Å². The number of rotatable bonds is 3. The SMILES string of the molecule is CCn1c(C2CCN(C(=O)C3CC3C)CC2)n[nH]c1=S. The largest absolute Gasteiger partial charge is 0.342 e. The summed E-state index contributed by atoms with van der Waals surface area (Å²) < 4.78 is 2.77. The fourth-order valence-corrected chi connectivity index (χ4v) is 3.47. The molecule has 110 valence electrons. The molecule has 2 fully saturated rings. The summed E-state index contributed by atoms with van der Waals surface area (Å²) in [5.74, 6) is 2.74. The summed E-state index contributed by atoms with van der Waals surface area (Å²) >= 11 is 5.24. The minimum Gasteiger partial charge on any atom is -0.342 e. The molecule has 2 unspecified atom stereocenters. The van der Waals surface area contributed by atoms with Crippen LogP contribution in [-0.4, -0.2) is 38.7 Å². The highest BCUT2D eigenvalue weighted by molar-refractivity contribution is 7.71. The molecule has 5 nitrogen and oxygen atoms in total. The van der Waals surface area contributed by atoms with E-state index in [1.807, 2.05) is 4.90 Å². The lowest BCUT2D eigenvalue weighted by Gasteiger charge is -2.31. The topological polar surface area (TPSA) is 53.9 Å². The van der Waals surface area contributed by atoms with E-state index in [9.17, 15) is 4.79 Å². The number of carbonyl (C=O) groups is 1. The van der Waals surface area contributed by atoms with Crippen LogP contribution in [0.4, 0.5) is 0 Å². The van der Waals surface area contributed by atoms with Gasteiger partial charge in [-0.2, -0.15) is 5.10 Å². The average Bonchev–Trinajstić information content (AvgIpc) is 3.07. The number of H-pyrrole nitrogens is 1. The minimum atomic E-state index is 0.303. The van der Waals surface area contributed by atoms with Gasteiger partial charge in [0.1, 0.15) is 5.82 Å². The first-order chi connectivity index (χ1) is 9.61. The molecule has 1 aliphatic heterocycles. The van der Waals surface area contributed by atoms with Crippen LogP contribution in [0.5, 0.6) is 0 Å². The Kier molecular flexibility index (Phi) is 3.67. The Morgan fingerprint density at radius 3 is 2.65 bits per heavy atom. The van der Waals surface area contributed by atoms with Crippen LogP contribution in [0.1, 0.15) is 44.9 Å². The van der Waals surface area contributed by atoms with Crippen LogP contribution >= 0.6 is 12.2 Å². The van der Waals surface area contributed by atoms with E-state index in [0.717, 1.165) is 44.7 Å². The molecule has 1 N–H and O–H groups in total. The van der Waals surface area contributed by atoms with Crippen molar-refractivity contribution in [3.8, 4) is 0 Å². The van der Waals surface area contributed by atoms with Crippen LogP contribution in [-0.2, 0) is 11.3 Å². The van der Waals surface area contributed by atoms with Gasteiger partial charge in [0.05, 0.1) is 0 Å². The molecular formula is C14H22N4OS. The van der Waals surface area contributed by atoms with Gasteiger partial charge in [-0.25, -0.2) is 0 Å². The number of aromatic amines is 1. The summed E-state index contributed by atoms with van der Waals surface area (Å²) in [6, 6.07) is 0. The Bertz CT molecular complexity index is 556. The number of carbonyl (C=O) groups excluding carboxylic acids is 1. The van der Waals surface area contributed by atoms with E-state index in [-0.39, 0.29) is 0 Å². The predicted octanol–water partition coefficient (Wildman–Crippen LogP) is 2.32. The maximum absolute atomic E-state index is 12.2. The lowest BCUT2D eigenvalue weighted by Crippen LogP contribution is -2.39. The smallest absolute Gasteiger partial charge is 0.225 e. The lowest BCUT2D eigenvalue weighted by atomic mass is 9.95. The predicted molar refractivity (Wildman–Crippen MR) is 78.9 cm³/mol. The highest BCUT2D eigenvalue weighted by atomic mass is 32.1. The first-order valence-corrected chi connectivity index (χ1v) is 7.96. The maximum atomic E-state index is 12.2. The number of piperidine rings is 1. The van der Waals surface area contributed by atoms with E-state index in [4.69, 9.17) is 12.2 Å². The van der Waals surface area contributed by atoms with Gasteiger partial charge in [-0.15, -0.1) is 0 Å².